The van der Waals surface area contributed by atoms with Gasteiger partial charge >= 0.3 is 0 Å². The molecule has 3 heterocycles. The van der Waals surface area contributed by atoms with Crippen molar-refractivity contribution in [3.05, 3.63) is 54.9 Å². The topological polar surface area (TPSA) is 43.2 Å². The van der Waals surface area contributed by atoms with E-state index in [2.05, 4.69) is 57.8 Å². The van der Waals surface area contributed by atoms with Crippen LogP contribution >= 0.6 is 0 Å². The quantitative estimate of drug-likeness (QED) is 0.428. The molecule has 158 valence electrons. The second-order valence-corrected chi connectivity index (χ2v) is 9.21. The fourth-order valence-electron chi connectivity index (χ4n) is 4.52. The first kappa shape index (κ1) is 18.7. The summed E-state index contributed by atoms with van der Waals surface area (Å²) in [6, 6.07) is 16.9. The number of anilines is 1. The lowest BCUT2D eigenvalue weighted by Crippen LogP contribution is -2.32. The lowest BCUT2D eigenvalue weighted by Gasteiger charge is -2.32. The summed E-state index contributed by atoms with van der Waals surface area (Å²) in [4.78, 5) is 12.2. The van der Waals surface area contributed by atoms with Gasteiger partial charge in [-0.1, -0.05) is 19.1 Å². The number of rotatable bonds is 5. The highest BCUT2D eigenvalue weighted by Gasteiger charge is 2.22. The van der Waals surface area contributed by atoms with E-state index in [0.717, 1.165) is 59.6 Å². The van der Waals surface area contributed by atoms with Gasteiger partial charge in [0.15, 0.2) is 0 Å². The summed E-state index contributed by atoms with van der Waals surface area (Å²) >= 11 is 0. The van der Waals surface area contributed by atoms with Crippen molar-refractivity contribution in [3.63, 3.8) is 0 Å². The minimum Gasteiger partial charge on any atom is -0.493 e. The summed E-state index contributed by atoms with van der Waals surface area (Å²) in [5.41, 5.74) is 4.30. The van der Waals surface area contributed by atoms with Crippen LogP contribution in [0.15, 0.2) is 54.9 Å². The Morgan fingerprint density at radius 2 is 1.87 bits per heavy atom. The normalized spacial score (nSPS) is 17.5. The van der Waals surface area contributed by atoms with E-state index in [-0.39, 0.29) is 0 Å². The number of imidazole rings is 1. The van der Waals surface area contributed by atoms with E-state index in [1.54, 1.807) is 0 Å². The van der Waals surface area contributed by atoms with Gasteiger partial charge in [0.25, 0.3) is 0 Å². The van der Waals surface area contributed by atoms with Gasteiger partial charge in [0.1, 0.15) is 17.9 Å². The number of nitrogens with zero attached hydrogens (tertiary/aromatic N) is 4. The molecule has 0 unspecified atom stereocenters. The van der Waals surface area contributed by atoms with E-state index in [4.69, 9.17) is 9.72 Å². The van der Waals surface area contributed by atoms with Crippen LogP contribution in [0, 0.1) is 11.8 Å². The minimum atomic E-state index is 0.743. The molecular weight excluding hydrogens is 384 g/mol. The first-order valence-corrected chi connectivity index (χ1v) is 11.5. The number of pyridine rings is 1. The summed E-state index contributed by atoms with van der Waals surface area (Å²) < 4.78 is 8.01. The lowest BCUT2D eigenvalue weighted by molar-refractivity contribution is 0.300. The largest absolute Gasteiger partial charge is 0.493 e. The molecule has 2 aromatic heterocycles. The lowest BCUT2D eigenvalue weighted by atomic mass is 9.98. The maximum absolute atomic E-state index is 5.93. The van der Waals surface area contributed by atoms with Gasteiger partial charge in [0.05, 0.1) is 28.8 Å². The fourth-order valence-corrected chi connectivity index (χ4v) is 4.52. The molecule has 2 aliphatic rings. The maximum Gasteiger partial charge on any atom is 0.139 e. The molecule has 2 fully saturated rings. The molecule has 1 aliphatic heterocycles. The van der Waals surface area contributed by atoms with Gasteiger partial charge < -0.3 is 9.64 Å². The summed E-state index contributed by atoms with van der Waals surface area (Å²) in [6.07, 6.45) is 6.95. The zero-order valence-electron chi connectivity index (χ0n) is 18.0. The van der Waals surface area contributed by atoms with Crippen molar-refractivity contribution in [1.29, 1.82) is 0 Å². The van der Waals surface area contributed by atoms with Crippen LogP contribution in [-0.2, 0) is 0 Å². The van der Waals surface area contributed by atoms with Gasteiger partial charge in [-0.2, -0.15) is 0 Å². The molecule has 0 bridgehead atoms. The Kier molecular flexibility index (Phi) is 4.55. The summed E-state index contributed by atoms with van der Waals surface area (Å²) in [6.45, 7) is 5.37. The Bertz CT molecular complexity index is 1230. The van der Waals surface area contributed by atoms with Crippen LogP contribution in [0.4, 0.5) is 5.69 Å². The van der Waals surface area contributed by atoms with Gasteiger partial charge in [-0.15, -0.1) is 0 Å². The highest BCUT2D eigenvalue weighted by Crippen LogP contribution is 2.32. The summed E-state index contributed by atoms with van der Waals surface area (Å²) in [5, 5.41) is 1.18. The number of fused-ring (bicyclic) bond motifs is 2. The van der Waals surface area contributed by atoms with Crippen molar-refractivity contribution < 1.29 is 4.74 Å². The van der Waals surface area contributed by atoms with Crippen LogP contribution in [0.5, 0.6) is 5.75 Å². The third-order valence-corrected chi connectivity index (χ3v) is 6.76. The summed E-state index contributed by atoms with van der Waals surface area (Å²) in [7, 11) is 0. The molecule has 0 spiro atoms. The number of benzene rings is 2. The van der Waals surface area contributed by atoms with E-state index in [1.807, 2.05) is 18.5 Å². The first-order valence-electron chi connectivity index (χ1n) is 11.5. The molecule has 1 saturated heterocycles. The second kappa shape index (κ2) is 7.56. The molecule has 0 radical (unpaired) electrons. The molecule has 0 N–H and O–H groups in total. The summed E-state index contributed by atoms with van der Waals surface area (Å²) in [5.74, 6) is 3.36. The van der Waals surface area contributed by atoms with Crippen molar-refractivity contribution >= 4 is 27.6 Å². The Labute approximate surface area is 182 Å². The van der Waals surface area contributed by atoms with E-state index in [1.165, 1.54) is 36.8 Å². The standard InChI is InChI=1S/C26H28N4O/c1-18-11-13-29(14-12-18)24-4-2-3-20-7-10-25(28-26(20)24)30-17-27-22-15-21(8-9-23(22)30)31-16-19-5-6-19/h2-4,7-10,15,17-19H,5-6,11-14,16H2,1H3. The van der Waals surface area contributed by atoms with E-state index in [9.17, 15) is 0 Å². The zero-order chi connectivity index (χ0) is 20.8. The van der Waals surface area contributed by atoms with Crippen molar-refractivity contribution in [3.8, 4) is 11.6 Å². The van der Waals surface area contributed by atoms with Gasteiger partial charge in [-0.3, -0.25) is 4.57 Å². The molecule has 31 heavy (non-hydrogen) atoms. The van der Waals surface area contributed by atoms with Crippen LogP contribution in [-0.4, -0.2) is 34.2 Å². The zero-order valence-corrected chi connectivity index (χ0v) is 18.0. The third kappa shape index (κ3) is 3.62. The number of hydrogen-bond acceptors (Lipinski definition) is 4. The Morgan fingerprint density at radius 1 is 1.00 bits per heavy atom. The highest BCUT2D eigenvalue weighted by molar-refractivity contribution is 5.92. The second-order valence-electron chi connectivity index (χ2n) is 9.21. The minimum absolute atomic E-state index is 0.743. The molecule has 0 atom stereocenters. The van der Waals surface area contributed by atoms with Crippen molar-refractivity contribution in [2.75, 3.05) is 24.6 Å². The predicted octanol–water partition coefficient (Wildman–Crippen LogP) is 5.60. The number of piperidine rings is 1. The highest BCUT2D eigenvalue weighted by atomic mass is 16.5. The molecule has 4 aromatic rings. The van der Waals surface area contributed by atoms with Crippen molar-refractivity contribution in [2.45, 2.75) is 32.6 Å². The van der Waals surface area contributed by atoms with Crippen LogP contribution < -0.4 is 9.64 Å². The Balaban J connectivity index is 1.36. The molecule has 6 rings (SSSR count). The third-order valence-electron chi connectivity index (χ3n) is 6.76. The van der Waals surface area contributed by atoms with E-state index < -0.39 is 0 Å². The van der Waals surface area contributed by atoms with Gasteiger partial charge in [0.2, 0.25) is 0 Å². The van der Waals surface area contributed by atoms with E-state index >= 15 is 0 Å². The maximum atomic E-state index is 5.93. The molecule has 0 amide bonds. The van der Waals surface area contributed by atoms with Gasteiger partial charge in [-0.25, -0.2) is 9.97 Å². The van der Waals surface area contributed by atoms with Crippen LogP contribution in [0.2, 0.25) is 0 Å². The monoisotopic (exact) mass is 412 g/mol. The Hall–Kier alpha value is -3.08. The molecule has 1 saturated carbocycles. The van der Waals surface area contributed by atoms with Gasteiger partial charge in [-0.05, 0) is 67.9 Å². The molecule has 5 heteroatoms. The van der Waals surface area contributed by atoms with E-state index in [0.29, 0.717) is 0 Å². The molecular formula is C26H28N4O. The predicted molar refractivity (Wildman–Crippen MR) is 125 cm³/mol. The molecule has 5 nitrogen and oxygen atoms in total. The molecule has 1 aliphatic carbocycles. The number of ether oxygens (including phenoxy) is 1. The number of hydrogen-bond donors (Lipinski definition) is 0. The smallest absolute Gasteiger partial charge is 0.139 e. The van der Waals surface area contributed by atoms with Crippen molar-refractivity contribution in [1.82, 2.24) is 14.5 Å². The van der Waals surface area contributed by atoms with Crippen LogP contribution in [0.3, 0.4) is 0 Å². The SMILES string of the molecule is CC1CCN(c2cccc3ccc(-n4cnc5cc(OCC6CC6)ccc54)nc23)CC1. The Morgan fingerprint density at radius 3 is 2.71 bits per heavy atom. The fraction of sp³-hybridized carbons (Fsp3) is 0.385. The van der Waals surface area contributed by atoms with Crippen molar-refractivity contribution in [2.24, 2.45) is 11.8 Å². The first-order chi connectivity index (χ1) is 15.2. The van der Waals surface area contributed by atoms with Gasteiger partial charge in [0, 0.05) is 24.5 Å². The van der Waals surface area contributed by atoms with Crippen LogP contribution in [0.1, 0.15) is 32.6 Å². The van der Waals surface area contributed by atoms with Crippen LogP contribution in [0.25, 0.3) is 27.8 Å². The number of para-hydroxylation sites is 1. The average Bonchev–Trinajstić information content (AvgIpc) is 3.55. The average molecular weight is 413 g/mol. The molecule has 2 aromatic carbocycles. The number of aromatic nitrogens is 3.